The molecule has 0 aromatic heterocycles. The molecule has 1 aliphatic heterocycles. The maximum absolute atomic E-state index is 13.1. The van der Waals surface area contributed by atoms with Gasteiger partial charge in [-0.25, -0.2) is 4.79 Å². The van der Waals surface area contributed by atoms with Crippen molar-refractivity contribution in [3.63, 3.8) is 0 Å². The number of fused-ring (bicyclic) bond motifs is 1. The van der Waals surface area contributed by atoms with E-state index in [0.29, 0.717) is 23.8 Å². The van der Waals surface area contributed by atoms with Gasteiger partial charge >= 0.3 is 6.09 Å². The van der Waals surface area contributed by atoms with Gasteiger partial charge in [0, 0.05) is 18.7 Å². The Bertz CT molecular complexity index is 876. The molecule has 0 saturated heterocycles. The minimum atomic E-state index is -0.323. The summed E-state index contributed by atoms with van der Waals surface area (Å²) >= 11 is 0. The zero-order valence-electron chi connectivity index (χ0n) is 18.6. The van der Waals surface area contributed by atoms with Crippen molar-refractivity contribution >= 4 is 23.4 Å². The summed E-state index contributed by atoms with van der Waals surface area (Å²) in [5, 5.41) is 3.18. The first kappa shape index (κ1) is 19.9. The first-order valence-corrected chi connectivity index (χ1v) is 11.5. The fourth-order valence-corrected chi connectivity index (χ4v) is 8.40. The quantitative estimate of drug-likeness (QED) is 0.713. The van der Waals surface area contributed by atoms with Crippen LogP contribution in [-0.2, 0) is 16.0 Å². The average molecular weight is 411 g/mol. The van der Waals surface area contributed by atoms with E-state index in [1.807, 2.05) is 18.2 Å². The third-order valence-corrected chi connectivity index (χ3v) is 8.15. The number of amides is 2. The van der Waals surface area contributed by atoms with Crippen molar-refractivity contribution in [2.24, 2.45) is 22.2 Å². The van der Waals surface area contributed by atoms with Crippen LogP contribution in [-0.4, -0.2) is 25.7 Å². The highest BCUT2D eigenvalue weighted by Gasteiger charge is 2.60. The van der Waals surface area contributed by atoms with Crippen LogP contribution >= 0.6 is 0 Å². The second-order valence-corrected chi connectivity index (χ2v) is 11.4. The summed E-state index contributed by atoms with van der Waals surface area (Å²) in [5.74, 6) is 0.946. The minimum Gasteiger partial charge on any atom is -0.452 e. The lowest BCUT2D eigenvalue weighted by molar-refractivity contribution is -0.153. The molecule has 0 spiro atoms. The standard InChI is InChI=1S/C25H34N2O3/c1-23-10-17-11-24(2,14-23)16-25(12-17,15-23)13-21(28)26-19-6-7-20-18(9-19)5-4-8-27(20)22(29)30-3/h6-7,9,17H,4-5,8,10-16H2,1-3H3,(H,26,28)/t17?,23-,24+,25?. The summed E-state index contributed by atoms with van der Waals surface area (Å²) in [7, 11) is 1.41. The van der Waals surface area contributed by atoms with Crippen LogP contribution in [0.5, 0.6) is 0 Å². The second kappa shape index (κ2) is 6.73. The molecule has 1 aromatic carbocycles. The summed E-state index contributed by atoms with van der Waals surface area (Å²) in [4.78, 5) is 26.8. The number of rotatable bonds is 3. The Kier molecular flexibility index (Phi) is 4.46. The van der Waals surface area contributed by atoms with Crippen LogP contribution in [0.15, 0.2) is 18.2 Å². The van der Waals surface area contributed by atoms with Crippen LogP contribution in [0.4, 0.5) is 16.2 Å². The minimum absolute atomic E-state index is 0.143. The molecule has 5 nitrogen and oxygen atoms in total. The lowest BCUT2D eigenvalue weighted by Crippen LogP contribution is -2.55. The van der Waals surface area contributed by atoms with Gasteiger partial charge in [-0.2, -0.15) is 0 Å². The summed E-state index contributed by atoms with van der Waals surface area (Å²) in [6, 6.07) is 5.89. The van der Waals surface area contributed by atoms with E-state index in [1.54, 1.807) is 4.90 Å². The second-order valence-electron chi connectivity index (χ2n) is 11.4. The molecule has 4 saturated carbocycles. The molecule has 162 valence electrons. The van der Waals surface area contributed by atoms with Crippen molar-refractivity contribution in [3.05, 3.63) is 23.8 Å². The fraction of sp³-hybridized carbons (Fsp3) is 0.680. The Morgan fingerprint density at radius 3 is 2.53 bits per heavy atom. The predicted molar refractivity (Wildman–Crippen MR) is 118 cm³/mol. The van der Waals surface area contributed by atoms with Crippen molar-refractivity contribution in [1.82, 2.24) is 0 Å². The molecule has 4 atom stereocenters. The molecule has 1 heterocycles. The topological polar surface area (TPSA) is 58.6 Å². The van der Waals surface area contributed by atoms with E-state index < -0.39 is 0 Å². The van der Waals surface area contributed by atoms with E-state index in [9.17, 15) is 9.59 Å². The maximum Gasteiger partial charge on any atom is 0.414 e. The number of nitrogens with one attached hydrogen (secondary N) is 1. The van der Waals surface area contributed by atoms with Crippen LogP contribution < -0.4 is 10.2 Å². The van der Waals surface area contributed by atoms with E-state index in [1.165, 1.54) is 45.6 Å². The molecule has 5 heteroatoms. The van der Waals surface area contributed by atoms with Gasteiger partial charge in [0.1, 0.15) is 0 Å². The number of nitrogens with zero attached hydrogens (tertiary/aromatic N) is 1. The van der Waals surface area contributed by atoms with Crippen molar-refractivity contribution < 1.29 is 14.3 Å². The van der Waals surface area contributed by atoms with Gasteiger partial charge < -0.3 is 10.1 Å². The lowest BCUT2D eigenvalue weighted by Gasteiger charge is -2.65. The number of hydrogen-bond donors (Lipinski definition) is 1. The summed E-state index contributed by atoms with van der Waals surface area (Å²) in [6.07, 6.45) is 9.81. The van der Waals surface area contributed by atoms with Crippen LogP contribution in [0, 0.1) is 22.2 Å². The molecule has 30 heavy (non-hydrogen) atoms. The number of hydrogen-bond acceptors (Lipinski definition) is 3. The van der Waals surface area contributed by atoms with Crippen molar-refractivity contribution in [2.45, 2.75) is 71.6 Å². The Hall–Kier alpha value is -2.04. The molecular weight excluding hydrogens is 376 g/mol. The maximum atomic E-state index is 13.1. The van der Waals surface area contributed by atoms with Gasteiger partial charge in [-0.15, -0.1) is 0 Å². The normalized spacial score (nSPS) is 36.4. The first-order chi connectivity index (χ1) is 14.2. The van der Waals surface area contributed by atoms with E-state index in [4.69, 9.17) is 4.74 Å². The zero-order chi connectivity index (χ0) is 21.1. The third-order valence-electron chi connectivity index (χ3n) is 8.15. The van der Waals surface area contributed by atoms with Crippen molar-refractivity contribution in [1.29, 1.82) is 0 Å². The summed E-state index contributed by atoms with van der Waals surface area (Å²) < 4.78 is 4.91. The van der Waals surface area contributed by atoms with Gasteiger partial charge in [0.05, 0.1) is 12.8 Å². The Morgan fingerprint density at radius 2 is 1.87 bits per heavy atom. The highest BCUT2D eigenvalue weighted by molar-refractivity contribution is 5.93. The van der Waals surface area contributed by atoms with Crippen LogP contribution in [0.25, 0.3) is 0 Å². The molecule has 5 aliphatic rings. The Balaban J connectivity index is 1.30. The molecule has 2 unspecified atom stereocenters. The highest BCUT2D eigenvalue weighted by atomic mass is 16.5. The molecule has 2 amide bonds. The highest BCUT2D eigenvalue weighted by Crippen LogP contribution is 2.70. The van der Waals surface area contributed by atoms with Gasteiger partial charge in [-0.05, 0) is 97.3 Å². The smallest absolute Gasteiger partial charge is 0.414 e. The molecule has 6 rings (SSSR count). The summed E-state index contributed by atoms with van der Waals surface area (Å²) in [6.45, 7) is 5.59. The molecule has 4 aliphatic carbocycles. The number of carbonyl (C=O) groups excluding carboxylic acids is 2. The predicted octanol–water partition coefficient (Wildman–Crippen LogP) is 5.53. The first-order valence-electron chi connectivity index (χ1n) is 11.5. The number of aryl methyl sites for hydroxylation is 1. The van der Waals surface area contributed by atoms with Crippen LogP contribution in [0.2, 0.25) is 0 Å². The zero-order valence-corrected chi connectivity index (χ0v) is 18.6. The van der Waals surface area contributed by atoms with Crippen LogP contribution in [0.1, 0.15) is 70.8 Å². The van der Waals surface area contributed by atoms with Gasteiger partial charge in [0.2, 0.25) is 5.91 Å². The number of anilines is 2. The SMILES string of the molecule is COC(=O)N1CCCc2cc(NC(=O)CC34CC5C[C@@](C)(C3)C[C@](C)(C5)C4)ccc21. The van der Waals surface area contributed by atoms with Crippen LogP contribution in [0.3, 0.4) is 0 Å². The molecule has 1 N–H and O–H groups in total. The van der Waals surface area contributed by atoms with E-state index in [0.717, 1.165) is 35.7 Å². The van der Waals surface area contributed by atoms with E-state index >= 15 is 0 Å². The largest absolute Gasteiger partial charge is 0.452 e. The van der Waals surface area contributed by atoms with Crippen molar-refractivity contribution in [3.8, 4) is 0 Å². The molecule has 4 fully saturated rings. The van der Waals surface area contributed by atoms with Crippen molar-refractivity contribution in [2.75, 3.05) is 23.9 Å². The number of carbonyl (C=O) groups is 2. The molecule has 0 radical (unpaired) electrons. The third kappa shape index (κ3) is 3.40. The molecule has 1 aromatic rings. The number of methoxy groups -OCH3 is 1. The van der Waals surface area contributed by atoms with Gasteiger partial charge in [0.25, 0.3) is 0 Å². The molecule has 4 bridgehead atoms. The van der Waals surface area contributed by atoms with E-state index in [-0.39, 0.29) is 17.4 Å². The lowest BCUT2D eigenvalue weighted by atomic mass is 9.40. The van der Waals surface area contributed by atoms with Gasteiger partial charge in [-0.3, -0.25) is 9.69 Å². The van der Waals surface area contributed by atoms with E-state index in [2.05, 4.69) is 19.2 Å². The summed E-state index contributed by atoms with van der Waals surface area (Å²) in [5.41, 5.74) is 3.87. The Morgan fingerprint density at radius 1 is 1.13 bits per heavy atom. The number of benzene rings is 1. The average Bonchev–Trinajstić information content (AvgIpc) is 2.63. The van der Waals surface area contributed by atoms with Gasteiger partial charge in [-0.1, -0.05) is 13.8 Å². The fourth-order valence-electron chi connectivity index (χ4n) is 8.40. The Labute approximate surface area is 179 Å². The monoisotopic (exact) mass is 410 g/mol. The van der Waals surface area contributed by atoms with Gasteiger partial charge in [0.15, 0.2) is 0 Å². The molecular formula is C25H34N2O3. The number of ether oxygens (including phenoxy) is 1.